The van der Waals surface area contributed by atoms with E-state index in [1.54, 1.807) is 18.2 Å². The minimum absolute atomic E-state index is 0.391. The van der Waals surface area contributed by atoms with Crippen LogP contribution in [0.25, 0.3) is 10.9 Å². The lowest BCUT2D eigenvalue weighted by Crippen LogP contribution is -2.26. The zero-order valence-electron chi connectivity index (χ0n) is 11.9. The van der Waals surface area contributed by atoms with E-state index in [0.29, 0.717) is 17.4 Å². The number of hydrogen-bond acceptors (Lipinski definition) is 3. The first-order valence-electron chi connectivity index (χ1n) is 6.75. The van der Waals surface area contributed by atoms with Crippen LogP contribution in [0.15, 0.2) is 56.5 Å². The molecule has 0 aliphatic rings. The van der Waals surface area contributed by atoms with Crippen molar-refractivity contribution in [2.24, 2.45) is 0 Å². The first kappa shape index (κ1) is 13.4. The summed E-state index contributed by atoms with van der Waals surface area (Å²) in [7, 11) is 0. The molecule has 21 heavy (non-hydrogen) atoms. The Morgan fingerprint density at radius 3 is 2.33 bits per heavy atom. The Bertz CT molecular complexity index is 914. The van der Waals surface area contributed by atoms with E-state index in [1.165, 1.54) is 4.57 Å². The highest BCUT2D eigenvalue weighted by Crippen LogP contribution is 2.16. The largest absolute Gasteiger partial charge is 0.422 e. The van der Waals surface area contributed by atoms with Crippen molar-refractivity contribution in [1.29, 1.82) is 0 Å². The molecule has 3 aromatic rings. The lowest BCUT2D eigenvalue weighted by molar-refractivity contribution is 0.424. The van der Waals surface area contributed by atoms with Crippen LogP contribution in [0.3, 0.4) is 0 Å². The fourth-order valence-corrected chi connectivity index (χ4v) is 2.58. The molecule has 2 aromatic carbocycles. The molecule has 3 rings (SSSR count). The van der Waals surface area contributed by atoms with E-state index in [-0.39, 0.29) is 0 Å². The SMILES string of the molecule is Cc1cccc(C)c1Cn1c(=O)oc(=O)c2ccccc21. The van der Waals surface area contributed by atoms with Crippen molar-refractivity contribution < 1.29 is 4.42 Å². The van der Waals surface area contributed by atoms with Gasteiger partial charge in [0, 0.05) is 0 Å². The highest BCUT2D eigenvalue weighted by atomic mass is 16.4. The van der Waals surface area contributed by atoms with Crippen molar-refractivity contribution in [1.82, 2.24) is 4.57 Å². The van der Waals surface area contributed by atoms with Crippen molar-refractivity contribution in [2.75, 3.05) is 0 Å². The highest BCUT2D eigenvalue weighted by Gasteiger charge is 2.11. The first-order valence-corrected chi connectivity index (χ1v) is 6.75. The van der Waals surface area contributed by atoms with Gasteiger partial charge in [-0.15, -0.1) is 0 Å². The van der Waals surface area contributed by atoms with Crippen LogP contribution in [0.2, 0.25) is 0 Å². The Labute approximate surface area is 121 Å². The van der Waals surface area contributed by atoms with Crippen LogP contribution in [0.5, 0.6) is 0 Å². The Morgan fingerprint density at radius 2 is 1.62 bits per heavy atom. The average Bonchev–Trinajstić information content (AvgIpc) is 2.46. The van der Waals surface area contributed by atoms with E-state index >= 15 is 0 Å². The van der Waals surface area contributed by atoms with E-state index in [0.717, 1.165) is 16.7 Å². The summed E-state index contributed by atoms with van der Waals surface area (Å²) in [5.41, 5.74) is 3.29. The molecule has 0 saturated heterocycles. The van der Waals surface area contributed by atoms with Gasteiger partial charge >= 0.3 is 11.4 Å². The first-order chi connectivity index (χ1) is 10.1. The molecule has 0 N–H and O–H groups in total. The molecule has 4 heteroatoms. The molecule has 0 amide bonds. The van der Waals surface area contributed by atoms with Crippen LogP contribution in [-0.4, -0.2) is 4.57 Å². The fraction of sp³-hybridized carbons (Fsp3) is 0.176. The highest BCUT2D eigenvalue weighted by molar-refractivity contribution is 5.77. The third-order valence-corrected chi connectivity index (χ3v) is 3.78. The second-order valence-corrected chi connectivity index (χ2v) is 5.13. The second-order valence-electron chi connectivity index (χ2n) is 5.13. The molecule has 0 fully saturated rings. The van der Waals surface area contributed by atoms with Gasteiger partial charge < -0.3 is 4.42 Å². The van der Waals surface area contributed by atoms with Crippen LogP contribution < -0.4 is 11.4 Å². The van der Waals surface area contributed by atoms with Crippen LogP contribution >= 0.6 is 0 Å². The van der Waals surface area contributed by atoms with Gasteiger partial charge in [0.05, 0.1) is 17.4 Å². The third kappa shape index (κ3) is 2.29. The molecule has 0 unspecified atom stereocenters. The number of nitrogens with zero attached hydrogens (tertiary/aromatic N) is 1. The number of fused-ring (bicyclic) bond motifs is 1. The monoisotopic (exact) mass is 281 g/mol. The summed E-state index contributed by atoms with van der Waals surface area (Å²) in [6.07, 6.45) is 0. The minimum atomic E-state index is -0.624. The number of benzene rings is 2. The second kappa shape index (κ2) is 5.05. The molecule has 0 spiro atoms. The van der Waals surface area contributed by atoms with Gasteiger partial charge in [0.2, 0.25) is 0 Å². The average molecular weight is 281 g/mol. The maximum atomic E-state index is 12.1. The molecule has 0 radical (unpaired) electrons. The summed E-state index contributed by atoms with van der Waals surface area (Å²) in [4.78, 5) is 23.8. The van der Waals surface area contributed by atoms with E-state index in [2.05, 4.69) is 0 Å². The molecule has 0 saturated carbocycles. The Morgan fingerprint density at radius 1 is 0.952 bits per heavy atom. The predicted molar refractivity (Wildman–Crippen MR) is 81.8 cm³/mol. The number of para-hydroxylation sites is 1. The molecule has 0 aliphatic carbocycles. The van der Waals surface area contributed by atoms with Gasteiger partial charge in [0.15, 0.2) is 0 Å². The van der Waals surface area contributed by atoms with Gasteiger partial charge in [-0.1, -0.05) is 30.3 Å². The molecular formula is C17H15NO3. The molecule has 1 heterocycles. The van der Waals surface area contributed by atoms with Crippen molar-refractivity contribution in [3.8, 4) is 0 Å². The molecule has 0 bridgehead atoms. The summed E-state index contributed by atoms with van der Waals surface area (Å²) in [6.45, 7) is 4.41. The van der Waals surface area contributed by atoms with Gasteiger partial charge in [-0.2, -0.15) is 0 Å². The number of hydrogen-bond donors (Lipinski definition) is 0. The maximum Gasteiger partial charge on any atom is 0.422 e. The molecule has 0 atom stereocenters. The summed E-state index contributed by atoms with van der Waals surface area (Å²) in [5.74, 6) is -0.624. The standard InChI is InChI=1S/C17H15NO3/c1-11-6-5-7-12(2)14(11)10-18-15-9-4-3-8-13(15)16(19)21-17(18)20/h3-9H,10H2,1-2H3. The summed E-state index contributed by atoms with van der Waals surface area (Å²) < 4.78 is 6.33. The Kier molecular flexibility index (Phi) is 3.22. The normalized spacial score (nSPS) is 11.0. The van der Waals surface area contributed by atoms with Gasteiger partial charge in [0.25, 0.3) is 0 Å². The van der Waals surface area contributed by atoms with Gasteiger partial charge in [-0.3, -0.25) is 4.57 Å². The van der Waals surface area contributed by atoms with E-state index < -0.39 is 11.4 Å². The van der Waals surface area contributed by atoms with E-state index in [9.17, 15) is 9.59 Å². The molecule has 106 valence electrons. The van der Waals surface area contributed by atoms with Crippen LogP contribution in [0.1, 0.15) is 16.7 Å². The Hall–Kier alpha value is -2.62. The van der Waals surface area contributed by atoms with Crippen LogP contribution in [-0.2, 0) is 6.54 Å². The van der Waals surface area contributed by atoms with Crippen molar-refractivity contribution in [3.63, 3.8) is 0 Å². The van der Waals surface area contributed by atoms with Crippen molar-refractivity contribution in [2.45, 2.75) is 20.4 Å². The quantitative estimate of drug-likeness (QED) is 0.725. The van der Waals surface area contributed by atoms with Crippen molar-refractivity contribution in [3.05, 3.63) is 80.1 Å². The zero-order valence-corrected chi connectivity index (χ0v) is 11.9. The Balaban J connectivity index is 2.27. The molecular weight excluding hydrogens is 266 g/mol. The number of aromatic nitrogens is 1. The smallest absolute Gasteiger partial charge is 0.372 e. The van der Waals surface area contributed by atoms with E-state index in [4.69, 9.17) is 4.42 Å². The van der Waals surface area contributed by atoms with Crippen LogP contribution in [0.4, 0.5) is 0 Å². The maximum absolute atomic E-state index is 12.1. The van der Waals surface area contributed by atoms with Crippen LogP contribution in [0, 0.1) is 13.8 Å². The lowest BCUT2D eigenvalue weighted by Gasteiger charge is -2.12. The van der Waals surface area contributed by atoms with Crippen molar-refractivity contribution >= 4 is 10.9 Å². The summed E-state index contributed by atoms with van der Waals surface area (Å²) in [6, 6.07) is 13.0. The van der Waals surface area contributed by atoms with Gasteiger partial charge in [-0.25, -0.2) is 9.59 Å². The third-order valence-electron chi connectivity index (χ3n) is 3.78. The zero-order chi connectivity index (χ0) is 15.0. The summed E-state index contributed by atoms with van der Waals surface area (Å²) in [5, 5.41) is 0.420. The topological polar surface area (TPSA) is 52.2 Å². The minimum Gasteiger partial charge on any atom is -0.372 e. The molecule has 4 nitrogen and oxygen atoms in total. The predicted octanol–water partition coefficient (Wildman–Crippen LogP) is 2.62. The van der Waals surface area contributed by atoms with Gasteiger partial charge in [0.1, 0.15) is 0 Å². The van der Waals surface area contributed by atoms with Gasteiger partial charge in [-0.05, 0) is 42.7 Å². The molecule has 0 aliphatic heterocycles. The molecule has 1 aromatic heterocycles. The summed E-state index contributed by atoms with van der Waals surface area (Å²) >= 11 is 0. The fourth-order valence-electron chi connectivity index (χ4n) is 2.58. The lowest BCUT2D eigenvalue weighted by atomic mass is 10.0. The number of rotatable bonds is 2. The number of aryl methyl sites for hydroxylation is 2. The van der Waals surface area contributed by atoms with E-state index in [1.807, 2.05) is 38.1 Å².